The van der Waals surface area contributed by atoms with Crippen molar-refractivity contribution >= 4 is 36.0 Å². The van der Waals surface area contributed by atoms with Gasteiger partial charge in [0.15, 0.2) is 18.3 Å². The van der Waals surface area contributed by atoms with Crippen LogP contribution in [0.25, 0.3) is 0 Å². The molecule has 0 saturated carbocycles. The van der Waals surface area contributed by atoms with Crippen LogP contribution in [0.1, 0.15) is 16.8 Å². The molecule has 0 bridgehead atoms. The van der Waals surface area contributed by atoms with Crippen molar-refractivity contribution < 1.29 is 24.0 Å². The summed E-state index contributed by atoms with van der Waals surface area (Å²) in [4.78, 5) is 23.1. The van der Waals surface area contributed by atoms with Crippen LogP contribution in [-0.4, -0.2) is 43.6 Å². The molecule has 4 N–H and O–H groups in total. The molecule has 1 aliphatic heterocycles. The number of aromatic hydroxyl groups is 1. The van der Waals surface area contributed by atoms with E-state index in [1.807, 2.05) is 0 Å². The highest BCUT2D eigenvalue weighted by Crippen LogP contribution is 2.15. The summed E-state index contributed by atoms with van der Waals surface area (Å²) >= 11 is 4.03. The lowest BCUT2D eigenvalue weighted by Gasteiger charge is -2.27. The van der Waals surface area contributed by atoms with E-state index in [1.165, 1.54) is 23.9 Å². The number of hydrogen-bond acceptors (Lipinski definition) is 8. The van der Waals surface area contributed by atoms with E-state index in [1.54, 1.807) is 12.1 Å². The third kappa shape index (κ3) is 5.76. The molecule has 2 unspecified atom stereocenters. The molecule has 1 aliphatic rings. The van der Waals surface area contributed by atoms with E-state index in [-0.39, 0.29) is 29.6 Å². The van der Waals surface area contributed by atoms with Crippen LogP contribution in [0, 0.1) is 0 Å². The van der Waals surface area contributed by atoms with Crippen LogP contribution in [-0.2, 0) is 17.3 Å². The predicted octanol–water partition coefficient (Wildman–Crippen LogP) is -0.317. The van der Waals surface area contributed by atoms with Crippen molar-refractivity contribution in [3.05, 3.63) is 29.8 Å². The third-order valence-electron chi connectivity index (χ3n) is 2.58. The number of carbonyl (C=O) groups is 2. The molecule has 9 heteroatoms. The molecule has 1 fully saturated rings. The molecular weight excluding hydrogens is 316 g/mol. The maximum atomic E-state index is 11.9. The van der Waals surface area contributed by atoms with Gasteiger partial charge in [-0.1, -0.05) is 0 Å². The minimum Gasteiger partial charge on any atom is -0.508 e. The highest BCUT2D eigenvalue weighted by Gasteiger charge is 2.24. The van der Waals surface area contributed by atoms with Crippen molar-refractivity contribution in [1.29, 1.82) is 0 Å². The first-order chi connectivity index (χ1) is 10.0. The van der Waals surface area contributed by atoms with E-state index in [0.717, 1.165) is 0 Å². The smallest absolute Gasteiger partial charge is 0.225 e. The Kier molecular flexibility index (Phi) is 7.23. The molecule has 7 nitrogen and oxygen atoms in total. The van der Waals surface area contributed by atoms with Gasteiger partial charge in [-0.05, 0) is 24.3 Å². The lowest BCUT2D eigenvalue weighted by molar-refractivity contribution is -0.126. The second-order valence-corrected chi connectivity index (χ2v) is 5.21. The molecule has 21 heavy (non-hydrogen) atoms. The summed E-state index contributed by atoms with van der Waals surface area (Å²) in [6.07, 6.45) is -0.863. The molecule has 1 amide bonds. The number of hydrogen-bond donors (Lipinski definition) is 4. The van der Waals surface area contributed by atoms with Gasteiger partial charge in [0.25, 0.3) is 0 Å². The van der Waals surface area contributed by atoms with E-state index in [4.69, 9.17) is 9.32 Å². The zero-order chi connectivity index (χ0) is 15.8. The maximum Gasteiger partial charge on any atom is 0.225 e. The first-order valence-electron chi connectivity index (χ1n) is 5.88. The number of phenols is 1. The van der Waals surface area contributed by atoms with Crippen LogP contribution >= 0.6 is 11.8 Å². The van der Waals surface area contributed by atoms with Gasteiger partial charge in [-0.3, -0.25) is 14.9 Å². The second kappa shape index (κ2) is 8.67. The van der Waals surface area contributed by atoms with Crippen LogP contribution in [0.3, 0.4) is 0 Å². The number of Topliss-reactive ketones (excluding diaryl/α,β-unsaturated/α-hetero) is 1. The first-order valence-corrected chi connectivity index (χ1v) is 7.27. The van der Waals surface area contributed by atoms with E-state index in [9.17, 15) is 14.7 Å². The van der Waals surface area contributed by atoms with Gasteiger partial charge in [0, 0.05) is 5.56 Å². The summed E-state index contributed by atoms with van der Waals surface area (Å²) in [6.45, 7) is 0. The van der Waals surface area contributed by atoms with E-state index < -0.39 is 11.7 Å². The first kappa shape index (κ1) is 17.5. The Morgan fingerprint density at radius 2 is 1.95 bits per heavy atom. The average molecular weight is 330 g/mol. The lowest BCUT2D eigenvalue weighted by atomic mass is 10.1. The van der Waals surface area contributed by atoms with Crippen LogP contribution in [0.4, 0.5) is 0 Å². The van der Waals surface area contributed by atoms with Crippen molar-refractivity contribution in [3.8, 4) is 5.75 Å². The Morgan fingerprint density at radius 1 is 1.33 bits per heavy atom. The third-order valence-corrected chi connectivity index (χ3v) is 3.60. The Balaban J connectivity index is 0.00000106. The van der Waals surface area contributed by atoms with Crippen molar-refractivity contribution in [2.45, 2.75) is 18.1 Å². The summed E-state index contributed by atoms with van der Waals surface area (Å²) < 4.78 is 7.83. The monoisotopic (exact) mass is 330 g/mol. The number of nitrogens with one attached hydrogen (secondary N) is 2. The number of carbonyl (C=O) groups excluding carboxylic acids is 2. The van der Waals surface area contributed by atoms with Crippen LogP contribution in [0.2, 0.25) is 0 Å². The summed E-state index contributed by atoms with van der Waals surface area (Å²) in [5, 5.41) is 23.9. The predicted molar refractivity (Wildman–Crippen MR) is 78.7 cm³/mol. The topological polar surface area (TPSA) is 116 Å². The highest BCUT2D eigenvalue weighted by molar-refractivity contribution is 8.00. The lowest BCUT2D eigenvalue weighted by Crippen LogP contribution is -2.54. The van der Waals surface area contributed by atoms with Gasteiger partial charge in [-0.15, -0.1) is 11.8 Å². The largest absolute Gasteiger partial charge is 0.508 e. The SMILES string of the molecule is O=C1CC(O)NC(SCC(=O)c2ccc(O)cc2)N1.O=S. The summed E-state index contributed by atoms with van der Waals surface area (Å²) in [5.74, 6) is -0.0920. The summed E-state index contributed by atoms with van der Waals surface area (Å²) in [6, 6.07) is 5.98. The zero-order valence-corrected chi connectivity index (χ0v) is 12.4. The number of benzene rings is 1. The summed E-state index contributed by atoms with van der Waals surface area (Å²) in [7, 11) is 0. The van der Waals surface area contributed by atoms with Crippen LogP contribution in [0.15, 0.2) is 24.3 Å². The maximum absolute atomic E-state index is 11.9. The molecule has 0 radical (unpaired) electrons. The van der Waals surface area contributed by atoms with E-state index in [0.29, 0.717) is 5.56 Å². The van der Waals surface area contributed by atoms with Gasteiger partial charge in [-0.2, -0.15) is 4.21 Å². The minimum atomic E-state index is -0.880. The standard InChI is InChI=1S/C12H14N2O4S.OS/c15-8-3-1-7(2-4-8)9(16)6-19-12-13-10(17)5-11(18)14-12;1-2/h1-4,10,12-13,15,17H,5-6H2,(H,14,18);. The normalized spacial score (nSPS) is 20.9. The average Bonchev–Trinajstić information content (AvgIpc) is 2.47. The van der Waals surface area contributed by atoms with Crippen molar-refractivity contribution in [3.63, 3.8) is 0 Å². The molecule has 0 aromatic heterocycles. The summed E-state index contributed by atoms with van der Waals surface area (Å²) in [5.41, 5.74) is 0.0188. The molecular formula is C12H14N2O5S2. The van der Waals surface area contributed by atoms with Gasteiger partial charge < -0.3 is 15.5 Å². The Hall–Kier alpha value is -1.55. The molecule has 2 rings (SSSR count). The number of amides is 1. The molecule has 0 aliphatic carbocycles. The fraction of sp³-hybridized carbons (Fsp3) is 0.333. The van der Waals surface area contributed by atoms with Crippen molar-refractivity contribution in [2.75, 3.05) is 5.75 Å². The van der Waals surface area contributed by atoms with Crippen molar-refractivity contribution in [2.24, 2.45) is 0 Å². The fourth-order valence-electron chi connectivity index (χ4n) is 1.64. The molecule has 2 atom stereocenters. The molecule has 114 valence electrons. The van der Waals surface area contributed by atoms with Gasteiger partial charge in [0.05, 0.1) is 12.2 Å². The molecule has 1 aromatic rings. The highest BCUT2D eigenvalue weighted by atomic mass is 32.2. The number of aliphatic hydroxyl groups excluding tert-OH is 1. The van der Waals surface area contributed by atoms with Crippen molar-refractivity contribution in [1.82, 2.24) is 10.6 Å². The van der Waals surface area contributed by atoms with Gasteiger partial charge >= 0.3 is 0 Å². The minimum absolute atomic E-state index is 0.0168. The number of aliphatic hydroxyl groups is 1. The Bertz CT molecular complexity index is 497. The Labute approximate surface area is 130 Å². The molecule has 1 heterocycles. The Morgan fingerprint density at radius 3 is 2.52 bits per heavy atom. The second-order valence-electron chi connectivity index (χ2n) is 4.12. The number of phenolic OH excluding ortho intramolecular Hbond substituents is 1. The molecule has 0 spiro atoms. The molecule has 1 saturated heterocycles. The van der Waals surface area contributed by atoms with E-state index in [2.05, 4.69) is 23.2 Å². The van der Waals surface area contributed by atoms with Gasteiger partial charge in [-0.25, -0.2) is 0 Å². The van der Waals surface area contributed by atoms with E-state index >= 15 is 0 Å². The molecule has 1 aromatic carbocycles. The number of rotatable bonds is 4. The zero-order valence-electron chi connectivity index (χ0n) is 10.8. The number of ketones is 1. The quantitative estimate of drug-likeness (QED) is 0.555. The van der Waals surface area contributed by atoms with Gasteiger partial charge in [0.2, 0.25) is 5.91 Å². The van der Waals surface area contributed by atoms with Crippen LogP contribution < -0.4 is 10.6 Å². The number of thioether (sulfide) groups is 1. The van der Waals surface area contributed by atoms with Crippen LogP contribution in [0.5, 0.6) is 5.75 Å². The van der Waals surface area contributed by atoms with Gasteiger partial charge in [0.1, 0.15) is 17.5 Å². The fourth-order valence-corrected chi connectivity index (χ4v) is 2.59.